The van der Waals surface area contributed by atoms with Crippen molar-refractivity contribution in [3.05, 3.63) is 71.8 Å². The number of carbonyl (C=O) groups is 1. The molecule has 3 N–H and O–H groups in total. The Morgan fingerprint density at radius 1 is 1.03 bits per heavy atom. The molecule has 0 amide bonds. The average molecular weight is 496 g/mol. The number of quaternary nitrogens is 1. The smallest absolute Gasteiger partial charge is 0.347 e. The molecule has 7 heteroatoms. The monoisotopic (exact) mass is 495 g/mol. The lowest BCUT2D eigenvalue weighted by Gasteiger charge is -2.46. The van der Waals surface area contributed by atoms with E-state index < -0.39 is 11.6 Å². The number of ether oxygens (including phenoxy) is 1. The minimum absolute atomic E-state index is 0. The lowest BCUT2D eigenvalue weighted by molar-refractivity contribution is -0.949. The van der Waals surface area contributed by atoms with E-state index in [4.69, 9.17) is 4.74 Å². The minimum atomic E-state index is -1.85. The van der Waals surface area contributed by atoms with Crippen molar-refractivity contribution in [1.29, 1.82) is 0 Å². The van der Waals surface area contributed by atoms with Gasteiger partial charge in [-0.2, -0.15) is 0 Å². The molecular weight excluding hydrogens is 465 g/mol. The zero-order chi connectivity index (χ0) is 20.5. The van der Waals surface area contributed by atoms with Gasteiger partial charge in [0.2, 0.25) is 5.60 Å². The van der Waals surface area contributed by atoms with Crippen molar-refractivity contribution >= 4 is 5.97 Å². The molecule has 0 unspecified atom stereocenters. The Labute approximate surface area is 193 Å². The number of piperidine rings is 1. The molecule has 2 aliphatic rings. The van der Waals surface area contributed by atoms with E-state index in [1.807, 2.05) is 12.1 Å². The van der Waals surface area contributed by atoms with Crippen LogP contribution in [0.25, 0.3) is 0 Å². The summed E-state index contributed by atoms with van der Waals surface area (Å²) in [5, 5.41) is 11.6. The fourth-order valence-electron chi connectivity index (χ4n) is 5.33. The molecule has 2 aromatic rings. The van der Waals surface area contributed by atoms with Crippen LogP contribution in [0.3, 0.4) is 0 Å². The predicted molar refractivity (Wildman–Crippen MR) is 112 cm³/mol. The van der Waals surface area contributed by atoms with Crippen molar-refractivity contribution in [2.45, 2.75) is 49.5 Å². The van der Waals surface area contributed by atoms with Gasteiger partial charge in [0.05, 0.1) is 19.1 Å². The van der Waals surface area contributed by atoms with Crippen LogP contribution in [-0.2, 0) is 15.1 Å². The summed E-state index contributed by atoms with van der Waals surface area (Å²) >= 11 is 0. The topological polar surface area (TPSA) is 78.0 Å². The molecule has 2 aliphatic heterocycles. The number of carbonyl (C=O) groups excluding carboxylic acids is 1. The van der Waals surface area contributed by atoms with Gasteiger partial charge in [-0.05, 0) is 11.1 Å². The second kappa shape index (κ2) is 10.2. The molecule has 31 heavy (non-hydrogen) atoms. The first-order valence-electron chi connectivity index (χ1n) is 10.4. The summed E-state index contributed by atoms with van der Waals surface area (Å²) in [5.41, 5.74) is -0.864. The number of esters is 1. The lowest BCUT2D eigenvalue weighted by Crippen LogP contribution is -3.00. The first-order chi connectivity index (χ1) is 14.0. The number of fused-ring (bicyclic) bond motifs is 2. The SMILES string of the molecule is C[N+]1(CCF)[C@@H]2CC[C@@H]1CC(OC(=O)C(O)(c1ccccc1)c1ccccc1)C2.O.[Br-]. The van der Waals surface area contributed by atoms with Crippen molar-refractivity contribution in [1.82, 2.24) is 0 Å². The summed E-state index contributed by atoms with van der Waals surface area (Å²) < 4.78 is 19.8. The summed E-state index contributed by atoms with van der Waals surface area (Å²) in [6.07, 6.45) is 3.27. The van der Waals surface area contributed by atoms with Crippen molar-refractivity contribution in [2.75, 3.05) is 20.3 Å². The molecule has 2 aromatic carbocycles. The molecular formula is C24H31BrFNO4. The highest BCUT2D eigenvalue weighted by atomic mass is 79.9. The Morgan fingerprint density at radius 3 is 1.90 bits per heavy atom. The third kappa shape index (κ3) is 4.55. The van der Waals surface area contributed by atoms with Crippen LogP contribution >= 0.6 is 0 Å². The average Bonchev–Trinajstić information content (AvgIpc) is 2.91. The zero-order valence-corrected chi connectivity index (χ0v) is 19.3. The minimum Gasteiger partial charge on any atom is -1.00 e. The molecule has 4 rings (SSSR count). The fraction of sp³-hybridized carbons (Fsp3) is 0.458. The number of aliphatic hydroxyl groups is 1. The largest absolute Gasteiger partial charge is 1.00 e. The number of hydrogen-bond acceptors (Lipinski definition) is 3. The Hall–Kier alpha value is -1.80. The van der Waals surface area contributed by atoms with E-state index in [0.29, 0.717) is 29.8 Å². The van der Waals surface area contributed by atoms with Crippen LogP contribution in [0.4, 0.5) is 4.39 Å². The van der Waals surface area contributed by atoms with Crippen LogP contribution in [-0.4, -0.2) is 59.5 Å². The molecule has 0 spiro atoms. The maximum atomic E-state index is 13.3. The van der Waals surface area contributed by atoms with Crippen LogP contribution < -0.4 is 17.0 Å². The highest BCUT2D eigenvalue weighted by molar-refractivity contribution is 5.85. The highest BCUT2D eigenvalue weighted by Crippen LogP contribution is 2.43. The molecule has 0 aromatic heterocycles. The number of alkyl halides is 1. The lowest BCUT2D eigenvalue weighted by atomic mass is 9.86. The van der Waals surface area contributed by atoms with Gasteiger partial charge in [-0.3, -0.25) is 0 Å². The molecule has 170 valence electrons. The van der Waals surface area contributed by atoms with Gasteiger partial charge in [0.15, 0.2) is 0 Å². The molecule has 2 fully saturated rings. The van der Waals surface area contributed by atoms with Crippen molar-refractivity contribution < 1.29 is 46.0 Å². The first-order valence-corrected chi connectivity index (χ1v) is 10.4. The number of benzene rings is 2. The molecule has 0 saturated carbocycles. The maximum absolute atomic E-state index is 13.3. The maximum Gasteiger partial charge on any atom is 0.347 e. The van der Waals surface area contributed by atoms with Gasteiger partial charge < -0.3 is 36.8 Å². The Kier molecular flexibility index (Phi) is 8.39. The van der Waals surface area contributed by atoms with Gasteiger partial charge >= 0.3 is 5.97 Å². The van der Waals surface area contributed by atoms with E-state index in [9.17, 15) is 14.3 Å². The van der Waals surface area contributed by atoms with E-state index in [1.54, 1.807) is 48.5 Å². The van der Waals surface area contributed by atoms with Gasteiger partial charge in [-0.1, -0.05) is 60.7 Å². The second-order valence-corrected chi connectivity index (χ2v) is 8.59. The van der Waals surface area contributed by atoms with Gasteiger partial charge in [-0.15, -0.1) is 0 Å². The van der Waals surface area contributed by atoms with Gasteiger partial charge in [-0.25, -0.2) is 9.18 Å². The Balaban J connectivity index is 0.00000171. The molecule has 2 saturated heterocycles. The molecule has 5 nitrogen and oxygen atoms in total. The quantitative estimate of drug-likeness (QED) is 0.443. The van der Waals surface area contributed by atoms with Gasteiger partial charge in [0, 0.05) is 25.7 Å². The molecule has 0 radical (unpaired) electrons. The molecule has 0 aliphatic carbocycles. The van der Waals surface area contributed by atoms with Crippen molar-refractivity contribution in [3.63, 3.8) is 0 Å². The Morgan fingerprint density at radius 2 is 1.48 bits per heavy atom. The van der Waals surface area contributed by atoms with Crippen LogP contribution in [0.1, 0.15) is 36.8 Å². The summed E-state index contributed by atoms with van der Waals surface area (Å²) in [7, 11) is 2.13. The third-order valence-electron chi connectivity index (χ3n) is 7.09. The predicted octanol–water partition coefficient (Wildman–Crippen LogP) is -0.245. The Bertz CT molecular complexity index is 798. The molecule has 2 heterocycles. The van der Waals surface area contributed by atoms with E-state index in [-0.39, 0.29) is 35.2 Å². The fourth-order valence-corrected chi connectivity index (χ4v) is 5.33. The number of nitrogens with zero attached hydrogens (tertiary/aromatic N) is 1. The summed E-state index contributed by atoms with van der Waals surface area (Å²) in [6, 6.07) is 18.5. The van der Waals surface area contributed by atoms with Gasteiger partial charge in [0.25, 0.3) is 0 Å². The zero-order valence-electron chi connectivity index (χ0n) is 17.7. The highest BCUT2D eigenvalue weighted by Gasteiger charge is 2.53. The van der Waals surface area contributed by atoms with Crippen molar-refractivity contribution in [2.24, 2.45) is 0 Å². The van der Waals surface area contributed by atoms with Crippen LogP contribution in [0, 0.1) is 0 Å². The van der Waals surface area contributed by atoms with Crippen molar-refractivity contribution in [3.8, 4) is 0 Å². The van der Waals surface area contributed by atoms with Gasteiger partial charge in [0.1, 0.15) is 19.3 Å². The number of halogens is 2. The molecule has 2 bridgehead atoms. The van der Waals surface area contributed by atoms with E-state index in [2.05, 4.69) is 7.05 Å². The molecule has 2 atom stereocenters. The number of rotatable bonds is 6. The number of hydrogen-bond donors (Lipinski definition) is 1. The van der Waals surface area contributed by atoms with E-state index in [0.717, 1.165) is 30.2 Å². The summed E-state index contributed by atoms with van der Waals surface area (Å²) in [5.74, 6) is -0.638. The normalized spacial score (nSPS) is 27.0. The van der Waals surface area contributed by atoms with Crippen LogP contribution in [0.2, 0.25) is 0 Å². The summed E-state index contributed by atoms with van der Waals surface area (Å²) in [4.78, 5) is 13.3. The summed E-state index contributed by atoms with van der Waals surface area (Å²) in [6.45, 7) is 0.198. The van der Waals surface area contributed by atoms with Crippen LogP contribution in [0.5, 0.6) is 0 Å². The van der Waals surface area contributed by atoms with Crippen LogP contribution in [0.15, 0.2) is 60.7 Å². The van der Waals surface area contributed by atoms with E-state index in [1.165, 1.54) is 0 Å². The first kappa shape index (κ1) is 25.5. The van der Waals surface area contributed by atoms with E-state index >= 15 is 0 Å². The second-order valence-electron chi connectivity index (χ2n) is 8.59. The standard InChI is InChI=1S/C24H29FNO3.BrH.H2O/c1-26(15-14-25)20-12-13-21(26)17-22(16-20)29-23(27)24(28,18-8-4-2-5-9-18)19-10-6-3-7-11-19;;/h2-11,20-22,28H,12-17H2,1H3;1H;1H2/q+1;;/p-1/t20-,21-,22?,26?;;/m1../s1. The third-order valence-corrected chi connectivity index (χ3v) is 7.09.